The van der Waals surface area contributed by atoms with Gasteiger partial charge in [0.25, 0.3) is 5.91 Å². The summed E-state index contributed by atoms with van der Waals surface area (Å²) < 4.78 is 30.8. The zero-order valence-electron chi connectivity index (χ0n) is 12.9. The Hall–Kier alpha value is -1.45. The zero-order valence-corrected chi connectivity index (χ0v) is 13.7. The summed E-state index contributed by atoms with van der Waals surface area (Å²) in [6.07, 6.45) is 3.20. The second-order valence-electron chi connectivity index (χ2n) is 6.16. The molecule has 0 unspecified atom stereocenters. The van der Waals surface area contributed by atoms with Gasteiger partial charge in [0.15, 0.2) is 5.69 Å². The first-order chi connectivity index (χ1) is 11.0. The number of carbonyl (C=O) groups is 1. The van der Waals surface area contributed by atoms with Crippen LogP contribution in [0.3, 0.4) is 0 Å². The summed E-state index contributed by atoms with van der Waals surface area (Å²) in [4.78, 5) is 12.2. The fourth-order valence-electron chi connectivity index (χ4n) is 2.71. The Balaban J connectivity index is 1.53. The monoisotopic (exact) mass is 342 g/mol. The number of rotatable bonds is 7. The van der Waals surface area contributed by atoms with Crippen molar-refractivity contribution in [1.29, 1.82) is 0 Å². The van der Waals surface area contributed by atoms with E-state index >= 15 is 0 Å². The van der Waals surface area contributed by atoms with Crippen molar-refractivity contribution in [3.63, 3.8) is 0 Å². The van der Waals surface area contributed by atoms with Crippen molar-refractivity contribution in [3.05, 3.63) is 17.5 Å². The van der Waals surface area contributed by atoms with Crippen LogP contribution in [0.15, 0.2) is 10.6 Å². The molecule has 3 rings (SSSR count). The molecule has 2 aliphatic rings. The fraction of sp³-hybridized carbons (Fsp3) is 0.714. The molecule has 1 aromatic heterocycles. The van der Waals surface area contributed by atoms with Gasteiger partial charge >= 0.3 is 0 Å². The number of nitrogens with two attached hydrogens (primary N) is 1. The van der Waals surface area contributed by atoms with E-state index in [9.17, 15) is 13.2 Å². The van der Waals surface area contributed by atoms with Crippen LogP contribution >= 0.6 is 0 Å². The van der Waals surface area contributed by atoms with Gasteiger partial charge in [0.05, 0.1) is 5.75 Å². The predicted molar refractivity (Wildman–Crippen MR) is 83.4 cm³/mol. The van der Waals surface area contributed by atoms with E-state index < -0.39 is 10.0 Å². The van der Waals surface area contributed by atoms with Gasteiger partial charge in [0, 0.05) is 31.1 Å². The lowest BCUT2D eigenvalue weighted by atomic mass is 10.2. The Morgan fingerprint density at radius 2 is 2.22 bits per heavy atom. The SMILES string of the molecule is NCCCS(=O)(=O)N1CC[C@@H](NC(=O)c2cc(C3CC3)on2)C1. The molecule has 128 valence electrons. The van der Waals surface area contributed by atoms with Crippen molar-refractivity contribution >= 4 is 15.9 Å². The lowest BCUT2D eigenvalue weighted by molar-refractivity contribution is 0.0929. The number of amides is 1. The van der Waals surface area contributed by atoms with Gasteiger partial charge in [-0.25, -0.2) is 8.42 Å². The van der Waals surface area contributed by atoms with Gasteiger partial charge in [-0.2, -0.15) is 4.31 Å². The molecule has 1 atom stereocenters. The summed E-state index contributed by atoms with van der Waals surface area (Å²) in [5.74, 6) is 0.899. The minimum Gasteiger partial charge on any atom is -0.360 e. The standard InChI is InChI=1S/C14H22N4O4S/c15-5-1-7-23(20,21)18-6-4-11(9-18)16-14(19)12-8-13(22-17-12)10-2-3-10/h8,10-11H,1-7,9,15H2,(H,16,19)/t11-/m1/s1. The number of sulfonamides is 1. The number of hydrogen-bond acceptors (Lipinski definition) is 6. The normalized spacial score (nSPS) is 22.4. The van der Waals surface area contributed by atoms with Gasteiger partial charge in [-0.1, -0.05) is 5.16 Å². The van der Waals surface area contributed by atoms with Gasteiger partial charge < -0.3 is 15.6 Å². The van der Waals surface area contributed by atoms with Crippen molar-refractivity contribution in [1.82, 2.24) is 14.8 Å². The summed E-state index contributed by atoms with van der Waals surface area (Å²) in [5.41, 5.74) is 5.62. The lowest BCUT2D eigenvalue weighted by Crippen LogP contribution is -2.39. The van der Waals surface area contributed by atoms with E-state index in [0.717, 1.165) is 18.6 Å². The Bertz CT molecular complexity index is 668. The van der Waals surface area contributed by atoms with Crippen molar-refractivity contribution in [2.75, 3.05) is 25.4 Å². The molecular formula is C14H22N4O4S. The number of hydrogen-bond donors (Lipinski definition) is 2. The summed E-state index contributed by atoms with van der Waals surface area (Å²) >= 11 is 0. The topological polar surface area (TPSA) is 119 Å². The molecule has 8 nitrogen and oxygen atoms in total. The molecular weight excluding hydrogens is 320 g/mol. The summed E-state index contributed by atoms with van der Waals surface area (Å²) in [6.45, 7) is 1.07. The van der Waals surface area contributed by atoms with Gasteiger partial charge in [-0.15, -0.1) is 0 Å². The van der Waals surface area contributed by atoms with Crippen LogP contribution in [0.4, 0.5) is 0 Å². The number of nitrogens with one attached hydrogen (secondary N) is 1. The molecule has 0 aromatic carbocycles. The van der Waals surface area contributed by atoms with Crippen LogP contribution < -0.4 is 11.1 Å². The number of nitrogens with zero attached hydrogens (tertiary/aromatic N) is 2. The smallest absolute Gasteiger partial charge is 0.273 e. The van der Waals surface area contributed by atoms with Crippen LogP contribution in [0.5, 0.6) is 0 Å². The van der Waals surface area contributed by atoms with E-state index in [0.29, 0.717) is 38.4 Å². The minimum absolute atomic E-state index is 0.0538. The average Bonchev–Trinajstić information content (AvgIpc) is 3.06. The van der Waals surface area contributed by atoms with Crippen molar-refractivity contribution in [2.24, 2.45) is 5.73 Å². The third kappa shape index (κ3) is 3.91. The number of aromatic nitrogens is 1. The molecule has 2 fully saturated rings. The molecule has 1 saturated heterocycles. The maximum atomic E-state index is 12.2. The average molecular weight is 342 g/mol. The Morgan fingerprint density at radius 3 is 2.91 bits per heavy atom. The summed E-state index contributed by atoms with van der Waals surface area (Å²) in [5, 5.41) is 6.63. The van der Waals surface area contributed by atoms with Crippen LogP contribution in [-0.2, 0) is 10.0 Å². The molecule has 3 N–H and O–H groups in total. The molecule has 9 heteroatoms. The molecule has 1 aliphatic heterocycles. The van der Waals surface area contributed by atoms with Gasteiger partial charge in [-0.3, -0.25) is 4.79 Å². The van der Waals surface area contributed by atoms with E-state index in [1.54, 1.807) is 6.07 Å². The molecule has 0 spiro atoms. The maximum Gasteiger partial charge on any atom is 0.273 e. The Kier molecular flexibility index (Phi) is 4.69. The largest absolute Gasteiger partial charge is 0.360 e. The Labute approximate surface area is 135 Å². The molecule has 1 saturated carbocycles. The minimum atomic E-state index is -3.29. The van der Waals surface area contributed by atoms with Crippen LogP contribution in [0.1, 0.15) is 47.8 Å². The predicted octanol–water partition coefficient (Wildman–Crippen LogP) is 0.0347. The van der Waals surface area contributed by atoms with Gasteiger partial charge in [-0.05, 0) is 32.2 Å². The van der Waals surface area contributed by atoms with E-state index in [1.807, 2.05) is 0 Å². The molecule has 23 heavy (non-hydrogen) atoms. The molecule has 1 amide bonds. The van der Waals surface area contributed by atoms with Crippen LogP contribution in [0.2, 0.25) is 0 Å². The second kappa shape index (κ2) is 6.58. The van der Waals surface area contributed by atoms with Gasteiger partial charge in [0.2, 0.25) is 10.0 Å². The Morgan fingerprint density at radius 1 is 1.43 bits per heavy atom. The molecule has 2 heterocycles. The van der Waals surface area contributed by atoms with E-state index in [4.69, 9.17) is 10.3 Å². The first kappa shape index (κ1) is 16.4. The van der Waals surface area contributed by atoms with Crippen LogP contribution in [-0.4, -0.2) is 55.2 Å². The van der Waals surface area contributed by atoms with Crippen LogP contribution in [0.25, 0.3) is 0 Å². The molecule has 0 radical (unpaired) electrons. The van der Waals surface area contributed by atoms with E-state index in [2.05, 4.69) is 10.5 Å². The molecule has 0 bridgehead atoms. The third-order valence-corrected chi connectivity index (χ3v) is 6.15. The summed E-state index contributed by atoms with van der Waals surface area (Å²) in [7, 11) is -3.29. The van der Waals surface area contributed by atoms with Crippen molar-refractivity contribution in [2.45, 2.75) is 37.6 Å². The van der Waals surface area contributed by atoms with Crippen molar-refractivity contribution < 1.29 is 17.7 Å². The van der Waals surface area contributed by atoms with Crippen LogP contribution in [0, 0.1) is 0 Å². The number of carbonyl (C=O) groups excluding carboxylic acids is 1. The zero-order chi connectivity index (χ0) is 16.4. The highest BCUT2D eigenvalue weighted by atomic mass is 32.2. The third-order valence-electron chi connectivity index (χ3n) is 4.23. The molecule has 1 aromatic rings. The first-order valence-corrected chi connectivity index (χ1v) is 9.56. The van der Waals surface area contributed by atoms with Crippen molar-refractivity contribution in [3.8, 4) is 0 Å². The van der Waals surface area contributed by atoms with E-state index in [1.165, 1.54) is 4.31 Å². The quantitative estimate of drug-likeness (QED) is 0.722. The maximum absolute atomic E-state index is 12.2. The summed E-state index contributed by atoms with van der Waals surface area (Å²) in [6, 6.07) is 1.48. The first-order valence-electron chi connectivity index (χ1n) is 7.95. The van der Waals surface area contributed by atoms with E-state index in [-0.39, 0.29) is 23.4 Å². The lowest BCUT2D eigenvalue weighted by Gasteiger charge is -2.16. The second-order valence-corrected chi connectivity index (χ2v) is 8.25. The van der Waals surface area contributed by atoms with Gasteiger partial charge in [0.1, 0.15) is 5.76 Å². The highest BCUT2D eigenvalue weighted by Gasteiger charge is 2.33. The highest BCUT2D eigenvalue weighted by Crippen LogP contribution is 2.40. The fourth-order valence-corrected chi connectivity index (χ4v) is 4.29. The molecule has 1 aliphatic carbocycles. The highest BCUT2D eigenvalue weighted by molar-refractivity contribution is 7.89.